The first-order valence-corrected chi connectivity index (χ1v) is 5.26. The molecule has 0 radical (unpaired) electrons. The SMILES string of the molecule is NCC1CCCC2(CC(C(=O)O)C2)O1. The molecule has 1 heterocycles. The van der Waals surface area contributed by atoms with Crippen LogP contribution in [-0.2, 0) is 9.53 Å². The molecule has 2 rings (SSSR count). The zero-order valence-electron chi connectivity index (χ0n) is 8.24. The summed E-state index contributed by atoms with van der Waals surface area (Å²) in [6.45, 7) is 0.555. The smallest absolute Gasteiger partial charge is 0.306 e. The lowest BCUT2D eigenvalue weighted by molar-refractivity contribution is -0.197. The van der Waals surface area contributed by atoms with Crippen LogP contribution in [0.1, 0.15) is 32.1 Å². The van der Waals surface area contributed by atoms with Crippen molar-refractivity contribution in [2.45, 2.75) is 43.8 Å². The summed E-state index contributed by atoms with van der Waals surface area (Å²) in [4.78, 5) is 10.7. The highest BCUT2D eigenvalue weighted by Crippen LogP contribution is 2.47. The molecule has 3 N–H and O–H groups in total. The maximum Gasteiger partial charge on any atom is 0.306 e. The van der Waals surface area contributed by atoms with Gasteiger partial charge >= 0.3 is 5.97 Å². The fourth-order valence-electron chi connectivity index (χ4n) is 2.60. The average Bonchev–Trinajstić information content (AvgIpc) is 2.14. The molecule has 4 nitrogen and oxygen atoms in total. The third-order valence-corrected chi connectivity index (χ3v) is 3.42. The van der Waals surface area contributed by atoms with Crippen molar-refractivity contribution in [2.24, 2.45) is 11.7 Å². The van der Waals surface area contributed by atoms with Crippen molar-refractivity contribution in [2.75, 3.05) is 6.54 Å². The highest BCUT2D eigenvalue weighted by molar-refractivity contribution is 5.71. The van der Waals surface area contributed by atoms with Gasteiger partial charge in [-0.25, -0.2) is 0 Å². The van der Waals surface area contributed by atoms with Gasteiger partial charge in [0, 0.05) is 6.54 Å². The highest BCUT2D eigenvalue weighted by atomic mass is 16.5. The molecule has 1 saturated heterocycles. The lowest BCUT2D eigenvalue weighted by Gasteiger charge is -2.50. The van der Waals surface area contributed by atoms with Gasteiger partial charge in [0.05, 0.1) is 17.6 Å². The molecule has 0 amide bonds. The van der Waals surface area contributed by atoms with Crippen LogP contribution in [0.2, 0.25) is 0 Å². The summed E-state index contributed by atoms with van der Waals surface area (Å²) in [5.74, 6) is -0.874. The molecule has 2 fully saturated rings. The second-order valence-electron chi connectivity index (χ2n) is 4.49. The van der Waals surface area contributed by atoms with E-state index in [1.807, 2.05) is 0 Å². The Kier molecular flexibility index (Phi) is 2.49. The van der Waals surface area contributed by atoms with Gasteiger partial charge in [0.2, 0.25) is 0 Å². The second kappa shape index (κ2) is 3.51. The standard InChI is InChI=1S/C10H17NO3/c11-6-8-2-1-3-10(14-8)4-7(5-10)9(12)13/h7-8H,1-6,11H2,(H,12,13). The topological polar surface area (TPSA) is 72.6 Å². The van der Waals surface area contributed by atoms with Gasteiger partial charge in [-0.3, -0.25) is 4.79 Å². The van der Waals surface area contributed by atoms with Gasteiger partial charge in [-0.2, -0.15) is 0 Å². The summed E-state index contributed by atoms with van der Waals surface area (Å²) in [6, 6.07) is 0. The number of hydrogen-bond donors (Lipinski definition) is 2. The molecule has 80 valence electrons. The lowest BCUT2D eigenvalue weighted by atomic mass is 9.67. The van der Waals surface area contributed by atoms with E-state index in [4.69, 9.17) is 15.6 Å². The van der Waals surface area contributed by atoms with Crippen LogP contribution in [0, 0.1) is 5.92 Å². The van der Waals surface area contributed by atoms with Crippen molar-refractivity contribution in [3.8, 4) is 0 Å². The Bertz CT molecular complexity index is 236. The van der Waals surface area contributed by atoms with Crippen molar-refractivity contribution >= 4 is 5.97 Å². The van der Waals surface area contributed by atoms with Crippen LogP contribution in [0.3, 0.4) is 0 Å². The monoisotopic (exact) mass is 199 g/mol. The Labute approximate surface area is 83.4 Å². The summed E-state index contributed by atoms with van der Waals surface area (Å²) in [7, 11) is 0. The minimum absolute atomic E-state index is 0.134. The Morgan fingerprint density at radius 3 is 2.86 bits per heavy atom. The molecular weight excluding hydrogens is 182 g/mol. The molecule has 14 heavy (non-hydrogen) atoms. The Hall–Kier alpha value is -0.610. The molecule has 0 aromatic carbocycles. The zero-order chi connectivity index (χ0) is 10.2. The van der Waals surface area contributed by atoms with Crippen LogP contribution in [0.4, 0.5) is 0 Å². The van der Waals surface area contributed by atoms with E-state index in [-0.39, 0.29) is 17.6 Å². The van der Waals surface area contributed by atoms with Crippen molar-refractivity contribution in [3.05, 3.63) is 0 Å². The van der Waals surface area contributed by atoms with E-state index in [9.17, 15) is 4.79 Å². The molecule has 0 bridgehead atoms. The number of aliphatic carboxylic acids is 1. The van der Waals surface area contributed by atoms with E-state index in [0.717, 1.165) is 19.3 Å². The fraction of sp³-hybridized carbons (Fsp3) is 0.900. The molecule has 1 spiro atoms. The van der Waals surface area contributed by atoms with Gasteiger partial charge in [0.25, 0.3) is 0 Å². The Morgan fingerprint density at radius 1 is 1.57 bits per heavy atom. The molecule has 1 aliphatic carbocycles. The van der Waals surface area contributed by atoms with Gasteiger partial charge in [0.1, 0.15) is 0 Å². The van der Waals surface area contributed by atoms with Crippen LogP contribution < -0.4 is 5.73 Å². The van der Waals surface area contributed by atoms with E-state index in [2.05, 4.69) is 0 Å². The first kappa shape index (κ1) is 9.93. The first-order chi connectivity index (χ1) is 6.65. The fourth-order valence-corrected chi connectivity index (χ4v) is 2.60. The molecule has 0 aromatic rings. The lowest BCUT2D eigenvalue weighted by Crippen LogP contribution is -2.53. The highest BCUT2D eigenvalue weighted by Gasteiger charge is 2.50. The molecular formula is C10H17NO3. The predicted octanol–water partition coefficient (Wildman–Crippen LogP) is 0.748. The van der Waals surface area contributed by atoms with Gasteiger partial charge < -0.3 is 15.6 Å². The van der Waals surface area contributed by atoms with E-state index in [0.29, 0.717) is 19.4 Å². The van der Waals surface area contributed by atoms with Gasteiger partial charge in [-0.1, -0.05) is 0 Å². The number of rotatable bonds is 2. The molecule has 0 aromatic heterocycles. The second-order valence-corrected chi connectivity index (χ2v) is 4.49. The number of carboxylic acid groups (broad SMARTS) is 1. The minimum atomic E-state index is -0.686. The van der Waals surface area contributed by atoms with Crippen LogP contribution in [0.5, 0.6) is 0 Å². The normalized spacial score (nSPS) is 42.1. The molecule has 1 atom stereocenters. The summed E-state index contributed by atoms with van der Waals surface area (Å²) in [5.41, 5.74) is 5.42. The summed E-state index contributed by atoms with van der Waals surface area (Å²) in [5, 5.41) is 8.79. The quantitative estimate of drug-likeness (QED) is 0.688. The third kappa shape index (κ3) is 1.64. The van der Waals surface area contributed by atoms with Crippen molar-refractivity contribution in [1.29, 1.82) is 0 Å². The summed E-state index contributed by atoms with van der Waals surface area (Å²) in [6.07, 6.45) is 4.66. The predicted molar refractivity (Wildman–Crippen MR) is 50.9 cm³/mol. The maximum absolute atomic E-state index is 10.7. The van der Waals surface area contributed by atoms with Gasteiger partial charge in [0.15, 0.2) is 0 Å². The Morgan fingerprint density at radius 2 is 2.29 bits per heavy atom. The maximum atomic E-state index is 10.7. The molecule has 2 aliphatic rings. The van der Waals surface area contributed by atoms with Crippen LogP contribution in [0.15, 0.2) is 0 Å². The molecule has 4 heteroatoms. The van der Waals surface area contributed by atoms with E-state index >= 15 is 0 Å². The van der Waals surface area contributed by atoms with Gasteiger partial charge in [-0.15, -0.1) is 0 Å². The number of hydrogen-bond acceptors (Lipinski definition) is 3. The number of carboxylic acids is 1. The summed E-state index contributed by atoms with van der Waals surface area (Å²) < 4.78 is 5.85. The molecule has 1 aliphatic heterocycles. The zero-order valence-corrected chi connectivity index (χ0v) is 8.24. The van der Waals surface area contributed by atoms with Crippen molar-refractivity contribution < 1.29 is 14.6 Å². The average molecular weight is 199 g/mol. The molecule has 1 saturated carbocycles. The van der Waals surface area contributed by atoms with E-state index in [1.165, 1.54) is 0 Å². The van der Waals surface area contributed by atoms with Crippen LogP contribution in [-0.4, -0.2) is 29.3 Å². The van der Waals surface area contributed by atoms with Crippen LogP contribution in [0.25, 0.3) is 0 Å². The number of nitrogens with two attached hydrogens (primary N) is 1. The molecule has 1 unspecified atom stereocenters. The minimum Gasteiger partial charge on any atom is -0.481 e. The van der Waals surface area contributed by atoms with Crippen LogP contribution >= 0.6 is 0 Å². The third-order valence-electron chi connectivity index (χ3n) is 3.42. The Balaban J connectivity index is 1.90. The van der Waals surface area contributed by atoms with Crippen molar-refractivity contribution in [1.82, 2.24) is 0 Å². The first-order valence-electron chi connectivity index (χ1n) is 5.26. The van der Waals surface area contributed by atoms with E-state index in [1.54, 1.807) is 0 Å². The van der Waals surface area contributed by atoms with E-state index < -0.39 is 5.97 Å². The number of ether oxygens (including phenoxy) is 1. The largest absolute Gasteiger partial charge is 0.481 e. The summed E-state index contributed by atoms with van der Waals surface area (Å²) >= 11 is 0. The van der Waals surface area contributed by atoms with Gasteiger partial charge in [-0.05, 0) is 32.1 Å². The van der Waals surface area contributed by atoms with Crippen molar-refractivity contribution in [3.63, 3.8) is 0 Å². The number of carbonyl (C=O) groups is 1.